The highest BCUT2D eigenvalue weighted by molar-refractivity contribution is 9.10. The molecule has 0 bridgehead atoms. The van der Waals surface area contributed by atoms with E-state index in [1.54, 1.807) is 48.5 Å². The fraction of sp³-hybridized carbons (Fsp3) is 0. The van der Waals surface area contributed by atoms with Gasteiger partial charge in [-0.3, -0.25) is 14.4 Å². The molecule has 3 amide bonds. The van der Waals surface area contributed by atoms with Crippen molar-refractivity contribution in [3.05, 3.63) is 124 Å². The zero-order chi connectivity index (χ0) is 28.5. The fourth-order valence-electron chi connectivity index (χ4n) is 3.33. The van der Waals surface area contributed by atoms with Crippen LogP contribution in [0.2, 0.25) is 0 Å². The predicted molar refractivity (Wildman–Crippen MR) is 151 cm³/mol. The van der Waals surface area contributed by atoms with Gasteiger partial charge >= 0.3 is 17.8 Å². The summed E-state index contributed by atoms with van der Waals surface area (Å²) in [5.74, 6) is -3.92. The van der Waals surface area contributed by atoms with Crippen molar-refractivity contribution in [1.82, 2.24) is 5.43 Å². The quantitative estimate of drug-likeness (QED) is 0.0886. The Morgan fingerprint density at radius 3 is 2.10 bits per heavy atom. The highest BCUT2D eigenvalue weighted by Crippen LogP contribution is 2.19. The van der Waals surface area contributed by atoms with E-state index < -0.39 is 29.5 Å². The van der Waals surface area contributed by atoms with Gasteiger partial charge in [0.1, 0.15) is 11.6 Å². The molecular formula is C29H20BrFN4O5. The lowest BCUT2D eigenvalue weighted by atomic mass is 10.1. The van der Waals surface area contributed by atoms with E-state index >= 15 is 0 Å². The molecule has 40 heavy (non-hydrogen) atoms. The lowest BCUT2D eigenvalue weighted by molar-refractivity contribution is -0.136. The number of rotatable bonds is 7. The lowest BCUT2D eigenvalue weighted by Crippen LogP contribution is -2.33. The molecule has 4 aromatic carbocycles. The molecule has 0 fully saturated rings. The average molecular weight is 603 g/mol. The molecule has 3 N–H and O–H groups in total. The first-order valence-electron chi connectivity index (χ1n) is 11.7. The summed E-state index contributed by atoms with van der Waals surface area (Å²) in [7, 11) is 0. The van der Waals surface area contributed by atoms with Crippen LogP contribution < -0.4 is 20.8 Å². The molecule has 0 aliphatic carbocycles. The Kier molecular flexibility index (Phi) is 9.11. The maximum Gasteiger partial charge on any atom is 0.346 e. The summed E-state index contributed by atoms with van der Waals surface area (Å²) in [5.41, 5.74) is 3.28. The van der Waals surface area contributed by atoms with Crippen molar-refractivity contribution in [2.45, 2.75) is 0 Å². The minimum absolute atomic E-state index is 0.141. The van der Waals surface area contributed by atoms with Gasteiger partial charge in [0.15, 0.2) is 0 Å². The molecule has 0 aliphatic rings. The summed E-state index contributed by atoms with van der Waals surface area (Å²) in [5, 5.41) is 8.88. The minimum Gasteiger partial charge on any atom is -0.423 e. The maximum atomic E-state index is 13.7. The first-order valence-corrected chi connectivity index (χ1v) is 12.5. The number of hydrazone groups is 1. The van der Waals surface area contributed by atoms with Crippen LogP contribution >= 0.6 is 15.9 Å². The van der Waals surface area contributed by atoms with Gasteiger partial charge < -0.3 is 15.4 Å². The van der Waals surface area contributed by atoms with Crippen LogP contribution in [-0.2, 0) is 9.59 Å². The molecule has 0 radical (unpaired) electrons. The van der Waals surface area contributed by atoms with Gasteiger partial charge in [-0.1, -0.05) is 40.2 Å². The fourth-order valence-corrected chi connectivity index (χ4v) is 3.59. The summed E-state index contributed by atoms with van der Waals surface area (Å²) in [6, 6.07) is 24.7. The molecule has 0 unspecified atom stereocenters. The molecule has 200 valence electrons. The van der Waals surface area contributed by atoms with Crippen molar-refractivity contribution in [1.29, 1.82) is 0 Å². The average Bonchev–Trinajstić information content (AvgIpc) is 2.95. The van der Waals surface area contributed by atoms with Gasteiger partial charge in [-0.15, -0.1) is 0 Å². The number of hydrogen-bond donors (Lipinski definition) is 3. The Morgan fingerprint density at radius 1 is 0.750 bits per heavy atom. The van der Waals surface area contributed by atoms with Gasteiger partial charge in [0.2, 0.25) is 0 Å². The van der Waals surface area contributed by atoms with E-state index in [0.717, 1.165) is 10.5 Å². The number of carbonyl (C=O) groups excluding carboxylic acids is 4. The molecule has 9 nitrogen and oxygen atoms in total. The molecule has 4 aromatic rings. The molecule has 0 spiro atoms. The van der Waals surface area contributed by atoms with Gasteiger partial charge in [-0.05, 0) is 78.4 Å². The number of nitrogens with one attached hydrogen (secondary N) is 3. The number of hydrogen-bond acceptors (Lipinski definition) is 6. The predicted octanol–water partition coefficient (Wildman–Crippen LogP) is 5.15. The zero-order valence-electron chi connectivity index (χ0n) is 20.6. The second-order valence-electron chi connectivity index (χ2n) is 8.10. The van der Waals surface area contributed by atoms with Crippen LogP contribution in [0.5, 0.6) is 5.75 Å². The highest BCUT2D eigenvalue weighted by Gasteiger charge is 2.18. The molecule has 0 aliphatic heterocycles. The van der Waals surface area contributed by atoms with Gasteiger partial charge in [0, 0.05) is 10.2 Å². The number of carbonyl (C=O) groups is 4. The third-order valence-corrected chi connectivity index (χ3v) is 5.82. The molecule has 4 rings (SSSR count). The Bertz CT molecular complexity index is 1590. The monoisotopic (exact) mass is 602 g/mol. The van der Waals surface area contributed by atoms with E-state index in [-0.39, 0.29) is 22.6 Å². The number of nitrogens with zero attached hydrogens (tertiary/aromatic N) is 1. The standard InChI is InChI=1S/C29H20BrFN4O5/c30-19-11-13-20(14-12-19)33-26(36)23-6-2-4-8-25(23)34-27(37)28(38)35-32-17-18-9-15-21(16-10-18)40-29(39)22-5-1-3-7-24(22)31/h1-17H,(H,33,36)(H,34,37)(H,35,38)/b32-17-. The van der Waals surface area contributed by atoms with Crippen molar-refractivity contribution in [3.8, 4) is 5.75 Å². The van der Waals surface area contributed by atoms with Crippen molar-refractivity contribution < 1.29 is 28.3 Å². The number of halogens is 2. The number of amides is 3. The molecular weight excluding hydrogens is 583 g/mol. The normalized spacial score (nSPS) is 10.6. The highest BCUT2D eigenvalue weighted by atomic mass is 79.9. The Balaban J connectivity index is 1.31. The van der Waals surface area contributed by atoms with E-state index in [0.29, 0.717) is 11.3 Å². The largest absolute Gasteiger partial charge is 0.423 e. The second-order valence-corrected chi connectivity index (χ2v) is 9.01. The van der Waals surface area contributed by atoms with Crippen molar-refractivity contribution in [2.75, 3.05) is 10.6 Å². The Hall–Kier alpha value is -5.16. The van der Waals surface area contributed by atoms with Crippen LogP contribution in [0.1, 0.15) is 26.3 Å². The molecule has 0 saturated carbocycles. The lowest BCUT2D eigenvalue weighted by Gasteiger charge is -2.11. The van der Waals surface area contributed by atoms with Crippen LogP contribution in [0.25, 0.3) is 0 Å². The molecule has 11 heteroatoms. The van der Waals surface area contributed by atoms with E-state index in [2.05, 4.69) is 37.1 Å². The maximum absolute atomic E-state index is 13.7. The van der Waals surface area contributed by atoms with E-state index in [1.165, 1.54) is 48.7 Å². The summed E-state index contributed by atoms with van der Waals surface area (Å²) < 4.78 is 19.7. The number of ether oxygens (including phenoxy) is 1. The topological polar surface area (TPSA) is 126 Å². The van der Waals surface area contributed by atoms with Crippen LogP contribution in [-0.4, -0.2) is 29.9 Å². The third-order valence-electron chi connectivity index (χ3n) is 5.29. The number of anilines is 2. The first kappa shape index (κ1) is 27.9. The SMILES string of the molecule is O=C(N/N=C\c1ccc(OC(=O)c2ccccc2F)cc1)C(=O)Nc1ccccc1C(=O)Nc1ccc(Br)cc1. The summed E-state index contributed by atoms with van der Waals surface area (Å²) in [4.78, 5) is 49.5. The van der Waals surface area contributed by atoms with E-state index in [9.17, 15) is 23.6 Å². The number of esters is 1. The molecule has 0 heterocycles. The number of para-hydroxylation sites is 1. The van der Waals surface area contributed by atoms with E-state index in [1.807, 2.05) is 0 Å². The van der Waals surface area contributed by atoms with Crippen LogP contribution in [0.15, 0.2) is 107 Å². The smallest absolute Gasteiger partial charge is 0.346 e. The molecule has 0 saturated heterocycles. The van der Waals surface area contributed by atoms with Crippen molar-refractivity contribution >= 4 is 57.2 Å². The molecule has 0 aromatic heterocycles. The molecule has 0 atom stereocenters. The van der Waals surface area contributed by atoms with Crippen LogP contribution in [0, 0.1) is 5.82 Å². The summed E-state index contributed by atoms with van der Waals surface area (Å²) in [6.45, 7) is 0. The first-order chi connectivity index (χ1) is 19.3. The van der Waals surface area contributed by atoms with E-state index in [4.69, 9.17) is 4.74 Å². The number of benzene rings is 4. The summed E-state index contributed by atoms with van der Waals surface area (Å²) >= 11 is 3.33. The third kappa shape index (κ3) is 7.45. The van der Waals surface area contributed by atoms with Crippen LogP contribution in [0.3, 0.4) is 0 Å². The Labute approximate surface area is 236 Å². The van der Waals surface area contributed by atoms with Gasteiger partial charge in [-0.2, -0.15) is 5.10 Å². The van der Waals surface area contributed by atoms with Gasteiger partial charge in [0.05, 0.1) is 23.0 Å². The van der Waals surface area contributed by atoms with Gasteiger partial charge in [-0.25, -0.2) is 14.6 Å². The van der Waals surface area contributed by atoms with Crippen molar-refractivity contribution in [3.63, 3.8) is 0 Å². The minimum atomic E-state index is -1.06. The zero-order valence-corrected chi connectivity index (χ0v) is 22.1. The summed E-state index contributed by atoms with van der Waals surface area (Å²) in [6.07, 6.45) is 1.27. The van der Waals surface area contributed by atoms with Gasteiger partial charge in [0.25, 0.3) is 5.91 Å². The van der Waals surface area contributed by atoms with Crippen LogP contribution in [0.4, 0.5) is 15.8 Å². The van der Waals surface area contributed by atoms with Crippen molar-refractivity contribution in [2.24, 2.45) is 5.10 Å². The second kappa shape index (κ2) is 13.1. The Morgan fingerprint density at radius 2 is 1.40 bits per heavy atom.